The van der Waals surface area contributed by atoms with Crippen LogP contribution in [0.1, 0.15) is 16.4 Å². The zero-order valence-electron chi connectivity index (χ0n) is 8.03. The van der Waals surface area contributed by atoms with Crippen LogP contribution in [0.3, 0.4) is 0 Å². The summed E-state index contributed by atoms with van der Waals surface area (Å²) in [5.41, 5.74) is 2.49. The van der Waals surface area contributed by atoms with Crippen LogP contribution in [-0.4, -0.2) is 11.6 Å². The second kappa shape index (κ2) is 6.84. The van der Waals surface area contributed by atoms with Crippen LogP contribution < -0.4 is 0 Å². The van der Waals surface area contributed by atoms with Gasteiger partial charge in [-0.3, -0.25) is 0 Å². The standard InChI is InChI=1S/C10H12NPS.H2O/c1-8-2-4-9(5-3-8)10(6-12)13-7-11;/h2-5,10H,6,12H2,1H3;1H2. The molecule has 0 fully saturated rings. The Morgan fingerprint density at radius 3 is 2.43 bits per heavy atom. The van der Waals surface area contributed by atoms with Crippen molar-refractivity contribution in [2.45, 2.75) is 12.2 Å². The van der Waals surface area contributed by atoms with Crippen LogP contribution in [0.5, 0.6) is 0 Å². The molecule has 0 aliphatic carbocycles. The Kier molecular flexibility index (Phi) is 6.57. The van der Waals surface area contributed by atoms with E-state index in [1.54, 1.807) is 0 Å². The highest BCUT2D eigenvalue weighted by atomic mass is 32.2. The Morgan fingerprint density at radius 1 is 1.43 bits per heavy atom. The summed E-state index contributed by atoms with van der Waals surface area (Å²) in [6, 6.07) is 8.35. The summed E-state index contributed by atoms with van der Waals surface area (Å²) in [4.78, 5) is 0. The van der Waals surface area contributed by atoms with E-state index in [2.05, 4.69) is 45.8 Å². The number of nitrogens with zero attached hydrogens (tertiary/aromatic N) is 1. The fraction of sp³-hybridized carbons (Fsp3) is 0.300. The maximum Gasteiger partial charge on any atom is 0.133 e. The molecule has 2 atom stereocenters. The van der Waals surface area contributed by atoms with E-state index in [1.165, 1.54) is 22.9 Å². The first-order chi connectivity index (χ1) is 6.27. The van der Waals surface area contributed by atoms with Crippen molar-refractivity contribution in [2.24, 2.45) is 0 Å². The van der Waals surface area contributed by atoms with Crippen molar-refractivity contribution in [1.29, 1.82) is 5.26 Å². The van der Waals surface area contributed by atoms with Crippen molar-refractivity contribution < 1.29 is 5.48 Å². The summed E-state index contributed by atoms with van der Waals surface area (Å²) in [5.74, 6) is 0. The van der Waals surface area contributed by atoms with E-state index in [4.69, 9.17) is 5.26 Å². The molecule has 1 aromatic rings. The fourth-order valence-corrected chi connectivity index (χ4v) is 2.17. The van der Waals surface area contributed by atoms with Gasteiger partial charge in [0.1, 0.15) is 5.40 Å². The summed E-state index contributed by atoms with van der Waals surface area (Å²) < 4.78 is 0. The highest BCUT2D eigenvalue weighted by molar-refractivity contribution is 8.04. The van der Waals surface area contributed by atoms with Gasteiger partial charge in [-0.1, -0.05) is 29.8 Å². The lowest BCUT2D eigenvalue weighted by molar-refractivity contribution is 0.824. The van der Waals surface area contributed by atoms with Crippen LogP contribution in [0.2, 0.25) is 0 Å². The molecule has 2 unspecified atom stereocenters. The van der Waals surface area contributed by atoms with Gasteiger partial charge in [-0.2, -0.15) is 5.26 Å². The minimum atomic E-state index is 0. The van der Waals surface area contributed by atoms with Gasteiger partial charge in [0.15, 0.2) is 0 Å². The molecule has 0 saturated carbocycles. The number of thiocyanates is 1. The molecular weight excluding hydrogens is 213 g/mol. The van der Waals surface area contributed by atoms with Crippen molar-refractivity contribution in [2.75, 3.05) is 6.16 Å². The highest BCUT2D eigenvalue weighted by Gasteiger charge is 2.08. The van der Waals surface area contributed by atoms with E-state index in [1.807, 2.05) is 0 Å². The Morgan fingerprint density at radius 2 is 2.00 bits per heavy atom. The number of aryl methyl sites for hydroxylation is 1. The summed E-state index contributed by atoms with van der Waals surface area (Å²) >= 11 is 1.32. The van der Waals surface area contributed by atoms with Crippen molar-refractivity contribution in [3.63, 3.8) is 0 Å². The summed E-state index contributed by atoms with van der Waals surface area (Å²) in [6.07, 6.45) is 0.918. The summed E-state index contributed by atoms with van der Waals surface area (Å²) in [5, 5.41) is 11.0. The second-order valence-electron chi connectivity index (χ2n) is 2.84. The lowest BCUT2D eigenvalue weighted by Gasteiger charge is -2.09. The third kappa shape index (κ3) is 3.67. The Hall–Kier alpha value is -0.550. The molecule has 2 nitrogen and oxygen atoms in total. The lowest BCUT2D eigenvalue weighted by atomic mass is 10.1. The number of nitriles is 1. The molecule has 2 N–H and O–H groups in total. The lowest BCUT2D eigenvalue weighted by Crippen LogP contribution is -1.93. The largest absolute Gasteiger partial charge is 0.412 e. The van der Waals surface area contributed by atoms with Gasteiger partial charge in [0.25, 0.3) is 0 Å². The molecule has 1 rings (SSSR count). The van der Waals surface area contributed by atoms with Gasteiger partial charge in [-0.05, 0) is 30.4 Å². The predicted molar refractivity (Wildman–Crippen MR) is 65.3 cm³/mol. The quantitative estimate of drug-likeness (QED) is 0.587. The Labute approximate surface area is 91.2 Å². The van der Waals surface area contributed by atoms with E-state index in [0.29, 0.717) is 0 Å². The molecule has 0 bridgehead atoms. The Bertz CT molecular complexity index is 307. The normalized spacial score (nSPS) is 11.2. The molecule has 0 aromatic heterocycles. The van der Waals surface area contributed by atoms with Gasteiger partial charge < -0.3 is 5.48 Å². The topological polar surface area (TPSA) is 55.3 Å². The van der Waals surface area contributed by atoms with Crippen LogP contribution in [0, 0.1) is 17.6 Å². The molecule has 0 radical (unpaired) electrons. The molecular formula is C10H14NOPS. The van der Waals surface area contributed by atoms with E-state index in [0.717, 1.165) is 6.16 Å². The van der Waals surface area contributed by atoms with Crippen molar-refractivity contribution in [1.82, 2.24) is 0 Å². The third-order valence-electron chi connectivity index (χ3n) is 1.86. The molecule has 76 valence electrons. The molecule has 14 heavy (non-hydrogen) atoms. The number of benzene rings is 1. The van der Waals surface area contributed by atoms with Gasteiger partial charge in [-0.15, -0.1) is 9.24 Å². The molecule has 0 heterocycles. The maximum absolute atomic E-state index is 8.59. The van der Waals surface area contributed by atoms with Crippen LogP contribution in [-0.2, 0) is 0 Å². The average molecular weight is 227 g/mol. The maximum atomic E-state index is 8.59. The first kappa shape index (κ1) is 13.4. The summed E-state index contributed by atoms with van der Waals surface area (Å²) in [7, 11) is 2.68. The van der Waals surface area contributed by atoms with Gasteiger partial charge >= 0.3 is 0 Å². The zero-order valence-corrected chi connectivity index (χ0v) is 10.00. The van der Waals surface area contributed by atoms with Crippen molar-refractivity contribution in [3.05, 3.63) is 35.4 Å². The number of hydrogen-bond acceptors (Lipinski definition) is 2. The third-order valence-corrected chi connectivity index (χ3v) is 3.53. The van der Waals surface area contributed by atoms with Crippen LogP contribution >= 0.6 is 21.0 Å². The summed E-state index contributed by atoms with van der Waals surface area (Å²) in [6.45, 7) is 2.07. The molecule has 0 aliphatic rings. The minimum Gasteiger partial charge on any atom is -0.412 e. The number of hydrogen-bond donors (Lipinski definition) is 0. The Balaban J connectivity index is 0.00000169. The number of rotatable bonds is 3. The van der Waals surface area contributed by atoms with Crippen LogP contribution in [0.15, 0.2) is 24.3 Å². The van der Waals surface area contributed by atoms with Crippen LogP contribution in [0.4, 0.5) is 0 Å². The van der Waals surface area contributed by atoms with Gasteiger partial charge in [0.2, 0.25) is 0 Å². The first-order valence-electron chi connectivity index (χ1n) is 4.09. The molecule has 0 amide bonds. The molecule has 1 aromatic carbocycles. The van der Waals surface area contributed by atoms with Gasteiger partial charge in [0, 0.05) is 5.25 Å². The zero-order chi connectivity index (χ0) is 9.68. The number of thioether (sulfide) groups is 1. The highest BCUT2D eigenvalue weighted by Crippen LogP contribution is 2.29. The molecule has 0 saturated heterocycles. The van der Waals surface area contributed by atoms with E-state index < -0.39 is 0 Å². The smallest absolute Gasteiger partial charge is 0.133 e. The van der Waals surface area contributed by atoms with E-state index >= 15 is 0 Å². The second-order valence-corrected chi connectivity index (χ2v) is 4.30. The SMILES string of the molecule is Cc1ccc(C(CP)SC#N)cc1.O. The fourth-order valence-electron chi connectivity index (χ4n) is 1.10. The monoisotopic (exact) mass is 227 g/mol. The average Bonchev–Trinajstić information content (AvgIpc) is 2.16. The molecule has 4 heteroatoms. The molecule has 0 spiro atoms. The first-order valence-corrected chi connectivity index (χ1v) is 5.79. The van der Waals surface area contributed by atoms with Gasteiger partial charge in [0.05, 0.1) is 0 Å². The minimum absolute atomic E-state index is 0. The van der Waals surface area contributed by atoms with Crippen molar-refractivity contribution in [3.8, 4) is 5.40 Å². The van der Waals surface area contributed by atoms with E-state index in [9.17, 15) is 0 Å². The van der Waals surface area contributed by atoms with Gasteiger partial charge in [-0.25, -0.2) is 0 Å². The van der Waals surface area contributed by atoms with Crippen molar-refractivity contribution >= 4 is 21.0 Å². The predicted octanol–water partition coefficient (Wildman–Crippen LogP) is 2.30. The van der Waals surface area contributed by atoms with Crippen LogP contribution in [0.25, 0.3) is 0 Å². The van der Waals surface area contributed by atoms with E-state index in [-0.39, 0.29) is 10.7 Å². The molecule has 0 aliphatic heterocycles.